The summed E-state index contributed by atoms with van der Waals surface area (Å²) >= 11 is 0. The molecule has 12 heavy (non-hydrogen) atoms. The van der Waals surface area contributed by atoms with E-state index in [0.29, 0.717) is 5.92 Å². The van der Waals surface area contributed by atoms with Gasteiger partial charge in [0.15, 0.2) is 0 Å². The zero-order chi connectivity index (χ0) is 9.30. The first kappa shape index (κ1) is 9.57. The molecule has 0 aliphatic heterocycles. The maximum atomic E-state index is 2.33. The lowest BCUT2D eigenvalue weighted by Gasteiger charge is -2.09. The SMILES string of the molecule is CCC1=C(CC)C(C)C(C)=C1C. The summed E-state index contributed by atoms with van der Waals surface area (Å²) in [6.45, 7) is 11.4. The van der Waals surface area contributed by atoms with Gasteiger partial charge in [0.1, 0.15) is 0 Å². The fourth-order valence-electron chi connectivity index (χ4n) is 2.34. The van der Waals surface area contributed by atoms with Crippen molar-refractivity contribution in [3.05, 3.63) is 22.3 Å². The highest BCUT2D eigenvalue weighted by molar-refractivity contribution is 5.47. The molecule has 0 aromatic carbocycles. The van der Waals surface area contributed by atoms with Crippen LogP contribution in [0, 0.1) is 5.92 Å². The van der Waals surface area contributed by atoms with Gasteiger partial charge in [0.2, 0.25) is 0 Å². The van der Waals surface area contributed by atoms with E-state index in [1.54, 1.807) is 22.3 Å². The fourth-order valence-corrected chi connectivity index (χ4v) is 2.34. The van der Waals surface area contributed by atoms with E-state index < -0.39 is 0 Å². The van der Waals surface area contributed by atoms with E-state index in [1.165, 1.54) is 12.8 Å². The van der Waals surface area contributed by atoms with E-state index in [2.05, 4.69) is 34.6 Å². The zero-order valence-corrected chi connectivity index (χ0v) is 8.99. The highest BCUT2D eigenvalue weighted by atomic mass is 14.3. The molecule has 1 unspecified atom stereocenters. The van der Waals surface area contributed by atoms with Crippen molar-refractivity contribution in [2.75, 3.05) is 0 Å². The molecule has 0 aromatic rings. The van der Waals surface area contributed by atoms with Crippen molar-refractivity contribution in [1.82, 2.24) is 0 Å². The number of hydrogen-bond donors (Lipinski definition) is 0. The summed E-state index contributed by atoms with van der Waals surface area (Å²) in [6, 6.07) is 0. The van der Waals surface area contributed by atoms with Crippen LogP contribution in [0.15, 0.2) is 22.3 Å². The third kappa shape index (κ3) is 1.24. The Morgan fingerprint density at radius 3 is 2.00 bits per heavy atom. The van der Waals surface area contributed by atoms with Crippen LogP contribution in [0.2, 0.25) is 0 Å². The maximum absolute atomic E-state index is 2.33. The number of hydrogen-bond acceptors (Lipinski definition) is 0. The molecule has 0 N–H and O–H groups in total. The first-order chi connectivity index (χ1) is 5.63. The Hall–Kier alpha value is -0.520. The summed E-state index contributed by atoms with van der Waals surface area (Å²) in [5.41, 5.74) is 6.44. The number of rotatable bonds is 2. The van der Waals surface area contributed by atoms with Crippen LogP contribution in [0.1, 0.15) is 47.5 Å². The van der Waals surface area contributed by atoms with Crippen molar-refractivity contribution in [3.8, 4) is 0 Å². The van der Waals surface area contributed by atoms with Crippen LogP contribution >= 0.6 is 0 Å². The summed E-state index contributed by atoms with van der Waals surface area (Å²) < 4.78 is 0. The molecule has 0 heteroatoms. The van der Waals surface area contributed by atoms with Crippen LogP contribution in [-0.4, -0.2) is 0 Å². The topological polar surface area (TPSA) is 0 Å². The monoisotopic (exact) mass is 164 g/mol. The smallest absolute Gasteiger partial charge is 0.00126 e. The Kier molecular flexibility index (Phi) is 2.76. The van der Waals surface area contributed by atoms with E-state index in [-0.39, 0.29) is 0 Å². The van der Waals surface area contributed by atoms with Gasteiger partial charge in [-0.2, -0.15) is 0 Å². The molecule has 1 atom stereocenters. The minimum atomic E-state index is 0.713. The first-order valence-corrected chi connectivity index (χ1v) is 5.03. The lowest BCUT2D eigenvalue weighted by atomic mass is 9.95. The summed E-state index contributed by atoms with van der Waals surface area (Å²) in [5.74, 6) is 0.713. The first-order valence-electron chi connectivity index (χ1n) is 5.03. The second-order valence-corrected chi connectivity index (χ2v) is 3.74. The van der Waals surface area contributed by atoms with Crippen molar-refractivity contribution in [1.29, 1.82) is 0 Å². The van der Waals surface area contributed by atoms with Crippen molar-refractivity contribution in [2.24, 2.45) is 5.92 Å². The van der Waals surface area contributed by atoms with Gasteiger partial charge in [-0.1, -0.05) is 31.9 Å². The molecule has 1 aliphatic carbocycles. The van der Waals surface area contributed by atoms with E-state index in [4.69, 9.17) is 0 Å². The lowest BCUT2D eigenvalue weighted by Crippen LogP contribution is -1.95. The maximum Gasteiger partial charge on any atom is -0.00126 e. The molecule has 0 nitrogen and oxygen atoms in total. The molecule has 1 aliphatic rings. The highest BCUT2D eigenvalue weighted by Gasteiger charge is 2.22. The van der Waals surface area contributed by atoms with Crippen LogP contribution in [0.4, 0.5) is 0 Å². The molecular weight excluding hydrogens is 144 g/mol. The summed E-state index contributed by atoms with van der Waals surface area (Å²) in [4.78, 5) is 0. The molecule has 1 rings (SSSR count). The van der Waals surface area contributed by atoms with Gasteiger partial charge >= 0.3 is 0 Å². The molecule has 68 valence electrons. The molecular formula is C12H20. The van der Waals surface area contributed by atoms with Crippen molar-refractivity contribution in [2.45, 2.75) is 47.5 Å². The predicted molar refractivity (Wildman–Crippen MR) is 55.1 cm³/mol. The van der Waals surface area contributed by atoms with Gasteiger partial charge in [-0.05, 0) is 43.8 Å². The van der Waals surface area contributed by atoms with E-state index in [1.807, 2.05) is 0 Å². The van der Waals surface area contributed by atoms with Gasteiger partial charge < -0.3 is 0 Å². The molecule has 0 amide bonds. The molecule has 0 saturated carbocycles. The van der Waals surface area contributed by atoms with Crippen molar-refractivity contribution in [3.63, 3.8) is 0 Å². The van der Waals surface area contributed by atoms with Crippen molar-refractivity contribution >= 4 is 0 Å². The van der Waals surface area contributed by atoms with Gasteiger partial charge in [0, 0.05) is 0 Å². The average molecular weight is 164 g/mol. The molecule has 0 saturated heterocycles. The molecule has 0 spiro atoms. The quantitative estimate of drug-likeness (QED) is 0.576. The van der Waals surface area contributed by atoms with Gasteiger partial charge in [0.25, 0.3) is 0 Å². The Morgan fingerprint density at radius 2 is 1.67 bits per heavy atom. The van der Waals surface area contributed by atoms with Crippen molar-refractivity contribution < 1.29 is 0 Å². The van der Waals surface area contributed by atoms with Gasteiger partial charge in [-0.25, -0.2) is 0 Å². The Morgan fingerprint density at radius 1 is 1.08 bits per heavy atom. The normalized spacial score (nSPS) is 24.2. The molecule has 0 heterocycles. The van der Waals surface area contributed by atoms with Gasteiger partial charge in [-0.3, -0.25) is 0 Å². The summed E-state index contributed by atoms with van der Waals surface area (Å²) in [7, 11) is 0. The van der Waals surface area contributed by atoms with Gasteiger partial charge in [0.05, 0.1) is 0 Å². The minimum Gasteiger partial charge on any atom is -0.0632 e. The lowest BCUT2D eigenvalue weighted by molar-refractivity contribution is 0.770. The average Bonchev–Trinajstić information content (AvgIpc) is 2.29. The summed E-state index contributed by atoms with van der Waals surface area (Å²) in [5, 5.41) is 0. The van der Waals surface area contributed by atoms with Crippen LogP contribution in [-0.2, 0) is 0 Å². The largest absolute Gasteiger partial charge is 0.0632 e. The minimum absolute atomic E-state index is 0.713. The van der Waals surface area contributed by atoms with Crippen LogP contribution in [0.25, 0.3) is 0 Å². The third-order valence-electron chi connectivity index (χ3n) is 3.34. The van der Waals surface area contributed by atoms with E-state index in [0.717, 1.165) is 0 Å². The Balaban J connectivity index is 3.07. The molecule has 0 radical (unpaired) electrons. The molecule has 0 bridgehead atoms. The number of allylic oxidation sites excluding steroid dienone is 4. The van der Waals surface area contributed by atoms with Crippen LogP contribution in [0.3, 0.4) is 0 Å². The second-order valence-electron chi connectivity index (χ2n) is 3.74. The zero-order valence-electron chi connectivity index (χ0n) is 8.99. The third-order valence-corrected chi connectivity index (χ3v) is 3.34. The predicted octanol–water partition coefficient (Wildman–Crippen LogP) is 4.09. The van der Waals surface area contributed by atoms with Crippen LogP contribution < -0.4 is 0 Å². The Labute approximate surface area is 76.4 Å². The van der Waals surface area contributed by atoms with E-state index >= 15 is 0 Å². The highest BCUT2D eigenvalue weighted by Crippen LogP contribution is 2.39. The Bertz CT molecular complexity index is 241. The summed E-state index contributed by atoms with van der Waals surface area (Å²) in [6.07, 6.45) is 2.43. The van der Waals surface area contributed by atoms with Gasteiger partial charge in [-0.15, -0.1) is 0 Å². The standard InChI is InChI=1S/C12H20/c1-6-11-9(4)8(3)10(5)12(11)7-2/h9H,6-7H2,1-5H3. The second kappa shape index (κ2) is 3.47. The fraction of sp³-hybridized carbons (Fsp3) is 0.667. The van der Waals surface area contributed by atoms with Crippen LogP contribution in [0.5, 0.6) is 0 Å². The van der Waals surface area contributed by atoms with E-state index in [9.17, 15) is 0 Å². The molecule has 0 fully saturated rings. The molecule has 0 aromatic heterocycles.